The van der Waals surface area contributed by atoms with E-state index in [1.807, 2.05) is 0 Å². The van der Waals surface area contributed by atoms with E-state index >= 15 is 0 Å². The van der Waals surface area contributed by atoms with E-state index < -0.39 is 66.4 Å². The Labute approximate surface area is 211 Å². The van der Waals surface area contributed by atoms with E-state index in [4.69, 9.17) is 0 Å². The van der Waals surface area contributed by atoms with Crippen molar-refractivity contribution in [2.24, 2.45) is 5.92 Å². The first kappa shape index (κ1) is 28.8. The normalized spacial score (nSPS) is 26.9. The smallest absolute Gasteiger partial charge is 0.245 e. The Morgan fingerprint density at radius 2 is 1.28 bits per heavy atom. The highest BCUT2D eigenvalue weighted by atomic mass is 16.3. The Morgan fingerprint density at radius 3 is 1.83 bits per heavy atom. The first-order valence-electron chi connectivity index (χ1n) is 12.3. The van der Waals surface area contributed by atoms with Crippen LogP contribution in [0.15, 0.2) is 30.3 Å². The van der Waals surface area contributed by atoms with Crippen LogP contribution < -0.4 is 26.6 Å². The lowest BCUT2D eigenvalue weighted by atomic mass is 10.0. The molecule has 0 aromatic heterocycles. The van der Waals surface area contributed by atoms with Crippen molar-refractivity contribution in [2.75, 3.05) is 6.61 Å². The number of hydrogen-bond acceptors (Lipinski definition) is 6. The largest absolute Gasteiger partial charge is 0.394 e. The third kappa shape index (κ3) is 7.77. The maximum absolute atomic E-state index is 13.0. The van der Waals surface area contributed by atoms with Crippen LogP contribution >= 0.6 is 0 Å². The van der Waals surface area contributed by atoms with Crippen molar-refractivity contribution in [1.82, 2.24) is 26.6 Å². The van der Waals surface area contributed by atoms with Crippen molar-refractivity contribution < 1.29 is 29.1 Å². The van der Waals surface area contributed by atoms with Gasteiger partial charge in [0.15, 0.2) is 0 Å². The fourth-order valence-electron chi connectivity index (χ4n) is 3.87. The molecule has 1 saturated heterocycles. The summed E-state index contributed by atoms with van der Waals surface area (Å²) < 4.78 is 0. The second kappa shape index (κ2) is 13.6. The molecule has 1 aliphatic heterocycles. The predicted octanol–water partition coefficient (Wildman–Crippen LogP) is -0.345. The van der Waals surface area contributed by atoms with E-state index in [-0.39, 0.29) is 25.2 Å². The van der Waals surface area contributed by atoms with Crippen LogP contribution in [0, 0.1) is 5.92 Å². The minimum absolute atomic E-state index is 0.183. The van der Waals surface area contributed by atoms with Crippen molar-refractivity contribution in [1.29, 1.82) is 0 Å². The molecule has 1 aliphatic rings. The Morgan fingerprint density at radius 1 is 0.750 bits per heavy atom. The average molecular weight is 504 g/mol. The molecule has 11 nitrogen and oxygen atoms in total. The quantitative estimate of drug-likeness (QED) is 0.321. The van der Waals surface area contributed by atoms with Crippen molar-refractivity contribution in [3.8, 4) is 0 Å². The summed E-state index contributed by atoms with van der Waals surface area (Å²) in [6.07, 6.45) is 0.312. The molecule has 1 aromatic carbocycles. The Bertz CT molecular complexity index is 938. The highest BCUT2D eigenvalue weighted by molar-refractivity contribution is 5.96. The number of rotatable bonds is 5. The maximum atomic E-state index is 13.0. The number of aliphatic hydroxyl groups is 1. The highest BCUT2D eigenvalue weighted by Crippen LogP contribution is 2.17. The molecule has 0 unspecified atom stereocenters. The van der Waals surface area contributed by atoms with Gasteiger partial charge in [0.1, 0.15) is 24.2 Å². The number of carbonyl (C=O) groups excluding carboxylic acids is 5. The van der Waals surface area contributed by atoms with Gasteiger partial charge in [-0.05, 0) is 24.3 Å². The number of nitrogens with one attached hydrogen (secondary N) is 5. The third-order valence-corrected chi connectivity index (χ3v) is 6.07. The lowest BCUT2D eigenvalue weighted by Gasteiger charge is -2.29. The highest BCUT2D eigenvalue weighted by Gasteiger charge is 2.33. The van der Waals surface area contributed by atoms with Crippen LogP contribution in [0.3, 0.4) is 0 Å². The van der Waals surface area contributed by atoms with E-state index in [0.29, 0.717) is 5.56 Å². The van der Waals surface area contributed by atoms with Crippen LogP contribution in [0.25, 0.3) is 0 Å². The molecular weight excluding hydrogens is 466 g/mol. The number of hydrogen-bond donors (Lipinski definition) is 6. The van der Waals surface area contributed by atoms with Crippen LogP contribution in [0.4, 0.5) is 0 Å². The minimum Gasteiger partial charge on any atom is -0.394 e. The van der Waals surface area contributed by atoms with Gasteiger partial charge in [-0.1, -0.05) is 58.0 Å². The Hall–Kier alpha value is -3.47. The van der Waals surface area contributed by atoms with Crippen LogP contribution in [-0.2, 0) is 24.0 Å². The van der Waals surface area contributed by atoms with Gasteiger partial charge in [-0.3, -0.25) is 24.0 Å². The van der Waals surface area contributed by atoms with Crippen LogP contribution in [-0.4, -0.2) is 65.4 Å². The summed E-state index contributed by atoms with van der Waals surface area (Å²) in [5, 5.41) is 23.0. The lowest BCUT2D eigenvalue weighted by Crippen LogP contribution is -2.60. The zero-order valence-electron chi connectivity index (χ0n) is 21.2. The van der Waals surface area contributed by atoms with Gasteiger partial charge in [-0.15, -0.1) is 0 Å². The molecule has 1 aromatic rings. The molecule has 5 amide bonds. The van der Waals surface area contributed by atoms with Gasteiger partial charge in [-0.25, -0.2) is 0 Å². The summed E-state index contributed by atoms with van der Waals surface area (Å²) >= 11 is 0. The molecule has 0 bridgehead atoms. The number of amides is 5. The summed E-state index contributed by atoms with van der Waals surface area (Å²) in [5.74, 6) is -3.22. The van der Waals surface area contributed by atoms with Crippen molar-refractivity contribution in [3.05, 3.63) is 35.9 Å². The Balaban J connectivity index is 2.44. The molecule has 0 radical (unpaired) electrons. The molecule has 0 aliphatic carbocycles. The van der Waals surface area contributed by atoms with E-state index in [2.05, 4.69) is 26.6 Å². The molecular formula is C25H37N5O6. The molecule has 0 saturated carbocycles. The molecule has 6 N–H and O–H groups in total. The fraction of sp³-hybridized carbons (Fsp3) is 0.560. The topological polar surface area (TPSA) is 166 Å². The van der Waals surface area contributed by atoms with E-state index in [9.17, 15) is 29.1 Å². The summed E-state index contributed by atoms with van der Waals surface area (Å²) in [7, 11) is 0. The van der Waals surface area contributed by atoms with Gasteiger partial charge in [0, 0.05) is 0 Å². The maximum Gasteiger partial charge on any atom is 0.245 e. The lowest BCUT2D eigenvalue weighted by molar-refractivity contribution is -0.136. The number of carbonyl (C=O) groups is 5. The average Bonchev–Trinajstić information content (AvgIpc) is 2.86. The summed E-state index contributed by atoms with van der Waals surface area (Å²) in [6.45, 7) is 6.24. The van der Waals surface area contributed by atoms with Crippen LogP contribution in [0.5, 0.6) is 0 Å². The monoisotopic (exact) mass is 503 g/mol. The molecule has 0 spiro atoms. The van der Waals surface area contributed by atoms with Gasteiger partial charge in [0.2, 0.25) is 29.5 Å². The van der Waals surface area contributed by atoms with Gasteiger partial charge in [0.25, 0.3) is 0 Å². The fourth-order valence-corrected chi connectivity index (χ4v) is 3.87. The molecule has 198 valence electrons. The SMILES string of the molecule is CC[C@@H]1NC(=O)C[C@H](c2ccccc2)NC(=O)[C@H](CO)NC(=O)[C@H](CC)NC(=O)[C@H](C(C)C)NC1=O. The standard InChI is InChI=1S/C25H37N5O6/c1-5-16-23(34)30-21(14(3)4)25(36)27-17(6-2)22(33)29-19(13-31)24(35)28-18(12-20(32)26-16)15-10-8-7-9-11-15/h7-11,14,16-19,21,31H,5-6,12-13H2,1-4H3,(H,26,32)(H,27,36)(H,28,35)(H,29,33)(H,30,34)/t16-,17-,18+,19-,21-/m0/s1. The van der Waals surface area contributed by atoms with Gasteiger partial charge >= 0.3 is 0 Å². The molecule has 1 heterocycles. The molecule has 11 heteroatoms. The predicted molar refractivity (Wildman–Crippen MR) is 132 cm³/mol. The minimum atomic E-state index is -1.30. The number of aliphatic hydroxyl groups excluding tert-OH is 1. The van der Waals surface area contributed by atoms with Crippen molar-refractivity contribution in [3.63, 3.8) is 0 Å². The van der Waals surface area contributed by atoms with Crippen LogP contribution in [0.1, 0.15) is 58.6 Å². The van der Waals surface area contributed by atoms with Gasteiger partial charge in [0.05, 0.1) is 19.1 Å². The zero-order chi connectivity index (χ0) is 26.8. The van der Waals surface area contributed by atoms with Gasteiger partial charge < -0.3 is 31.7 Å². The third-order valence-electron chi connectivity index (χ3n) is 6.07. The van der Waals surface area contributed by atoms with E-state index in [0.717, 1.165) is 0 Å². The number of benzene rings is 1. The zero-order valence-corrected chi connectivity index (χ0v) is 21.2. The summed E-state index contributed by atoms with van der Waals surface area (Å²) in [6, 6.07) is 3.87. The first-order chi connectivity index (χ1) is 17.1. The molecule has 5 atom stereocenters. The second-order valence-corrected chi connectivity index (χ2v) is 9.15. The van der Waals surface area contributed by atoms with Gasteiger partial charge in [-0.2, -0.15) is 0 Å². The molecule has 36 heavy (non-hydrogen) atoms. The van der Waals surface area contributed by atoms with Crippen molar-refractivity contribution >= 4 is 29.5 Å². The van der Waals surface area contributed by atoms with Crippen LogP contribution in [0.2, 0.25) is 0 Å². The Kier molecular flexibility index (Phi) is 10.8. The summed E-state index contributed by atoms with van der Waals surface area (Å²) in [5.41, 5.74) is 0.640. The summed E-state index contributed by atoms with van der Waals surface area (Å²) in [4.78, 5) is 64.7. The second-order valence-electron chi connectivity index (χ2n) is 9.15. The first-order valence-corrected chi connectivity index (χ1v) is 12.3. The molecule has 1 fully saturated rings. The van der Waals surface area contributed by atoms with Crippen molar-refractivity contribution in [2.45, 2.75) is 77.2 Å². The molecule has 2 rings (SSSR count). The van der Waals surface area contributed by atoms with E-state index in [1.54, 1.807) is 58.0 Å². The van der Waals surface area contributed by atoms with E-state index in [1.165, 1.54) is 0 Å².